The molecule has 5 N–H and O–H groups in total. The quantitative estimate of drug-likeness (QED) is 0.0332. The second kappa shape index (κ2) is 38.0. The van der Waals surface area contributed by atoms with Crippen LogP contribution in [0, 0.1) is 53.3 Å². The largest absolute Gasteiger partial charge is 0.343 e. The molecule has 27 heteroatoms. The van der Waals surface area contributed by atoms with Crippen LogP contribution in [0.5, 0.6) is 0 Å². The lowest BCUT2D eigenvalue weighted by atomic mass is 9.85. The molecule has 0 aromatic carbocycles. The Hall–Kier alpha value is -6.37. The first kappa shape index (κ1) is 86.6. The number of terminal acetylenes is 1. The molecular weight excluding hydrogens is 1240 g/mol. The number of likely N-dealkylation sites (N-methyl/N-ethyl adjacent to an activating group) is 7. The molecule has 0 bridgehead atoms. The van der Waals surface area contributed by atoms with E-state index in [2.05, 4.69) is 32.5 Å². The monoisotopic (exact) mass is 1360 g/mol. The van der Waals surface area contributed by atoms with Gasteiger partial charge in [0.05, 0.1) is 29.6 Å². The van der Waals surface area contributed by atoms with Crippen LogP contribution in [-0.2, 0) is 62.6 Å². The molecule has 1 rings (SSSR count). The van der Waals surface area contributed by atoms with Crippen molar-refractivity contribution in [3.05, 3.63) is 0 Å². The highest BCUT2D eigenvalue weighted by Crippen LogP contribution is 2.32. The van der Waals surface area contributed by atoms with E-state index in [0.717, 1.165) is 14.7 Å². The van der Waals surface area contributed by atoms with Gasteiger partial charge in [0.2, 0.25) is 35.4 Å². The Morgan fingerprint density at radius 1 is 0.621 bits per heavy atom. The predicted molar refractivity (Wildman–Crippen MR) is 367 cm³/mol. The summed E-state index contributed by atoms with van der Waals surface area (Å²) in [6.07, 6.45) is 10.2. The van der Waals surface area contributed by atoms with Crippen molar-refractivity contribution >= 4 is 82.4 Å². The molecule has 0 radical (unpaired) electrons. The number of nitrogens with zero attached hydrogens (tertiary/aromatic N) is 7. The average molecular weight is 1360 g/mol. The van der Waals surface area contributed by atoms with Gasteiger partial charge in [0.1, 0.15) is 24.4 Å². The van der Waals surface area contributed by atoms with E-state index in [4.69, 9.17) is 6.42 Å². The summed E-state index contributed by atoms with van der Waals surface area (Å²) in [4.78, 5) is 178. The molecule has 0 spiro atoms. The van der Waals surface area contributed by atoms with Gasteiger partial charge in [-0.2, -0.15) is 0 Å². The summed E-state index contributed by atoms with van der Waals surface area (Å²) < 4.78 is 24.1. The van der Waals surface area contributed by atoms with Gasteiger partial charge < -0.3 is 55.5 Å². The SMILES string of the molecule is C#CC(C(=O)N(C)C(C=O)(CC(C)C)NC(C=O)C(C)(C)C)N(C)C(=O)C(CC)NC(=O)C(CCC(C)CCCC(=O)N1CCS(=O)(=O)CC1)N(C)C(=O)C(C(C)C)N(C)C(=O)C(CC(C)C)N(C)C(C=O)(CC(C)C)N(C)C(=O)NC(C)(C=O)NC(=O)C(CC(C)C)NC. The first-order chi connectivity index (χ1) is 43.8. The molecule has 26 nitrogen and oxygen atoms in total. The maximum atomic E-state index is 15.5. The van der Waals surface area contributed by atoms with E-state index < -0.39 is 122 Å². The number of rotatable bonds is 40. The van der Waals surface area contributed by atoms with Crippen LogP contribution in [0.2, 0.25) is 0 Å². The number of carbonyl (C=O) groups is 12. The second-order valence-electron chi connectivity index (χ2n) is 29.5. The van der Waals surface area contributed by atoms with Gasteiger partial charge in [0.15, 0.2) is 51.7 Å². The highest BCUT2D eigenvalue weighted by molar-refractivity contribution is 7.91. The number of hydrogen-bond acceptors (Lipinski definition) is 17. The van der Waals surface area contributed by atoms with Crippen molar-refractivity contribution in [1.29, 1.82) is 0 Å². The summed E-state index contributed by atoms with van der Waals surface area (Å²) in [6.45, 7) is 28.9. The molecule has 0 aromatic rings. The van der Waals surface area contributed by atoms with E-state index >= 15 is 14.4 Å². The minimum absolute atomic E-state index is 0.0144. The fraction of sp³-hybridized carbons (Fsp3) is 0.794. The highest BCUT2D eigenvalue weighted by atomic mass is 32.2. The lowest BCUT2D eigenvalue weighted by Gasteiger charge is -2.49. The second-order valence-corrected chi connectivity index (χ2v) is 31.8. The number of nitrogens with one attached hydrogen (secondary N) is 5. The normalized spacial score (nSPS) is 17.8. The van der Waals surface area contributed by atoms with E-state index in [1.807, 2.05) is 62.3 Å². The van der Waals surface area contributed by atoms with E-state index in [9.17, 15) is 51.6 Å². The van der Waals surface area contributed by atoms with Gasteiger partial charge in [-0.25, -0.2) is 13.2 Å². The van der Waals surface area contributed by atoms with Crippen LogP contribution in [0.4, 0.5) is 4.79 Å². The van der Waals surface area contributed by atoms with E-state index in [1.54, 1.807) is 53.5 Å². The zero-order valence-electron chi connectivity index (χ0n) is 61.5. The Kier molecular flexibility index (Phi) is 34.6. The summed E-state index contributed by atoms with van der Waals surface area (Å²) in [6, 6.07) is -9.25. The van der Waals surface area contributed by atoms with E-state index in [1.165, 1.54) is 63.9 Å². The summed E-state index contributed by atoms with van der Waals surface area (Å²) in [5.41, 5.74) is -6.26. The van der Waals surface area contributed by atoms with Gasteiger partial charge >= 0.3 is 6.03 Å². The Morgan fingerprint density at radius 3 is 1.62 bits per heavy atom. The maximum absolute atomic E-state index is 15.5. The molecular formula is C68H120N12O14S. The molecule has 0 aliphatic carbocycles. The third-order valence-corrected chi connectivity index (χ3v) is 19.8. The van der Waals surface area contributed by atoms with Crippen molar-refractivity contribution in [2.75, 3.05) is 73.9 Å². The number of aldehydes is 4. The first-order valence-electron chi connectivity index (χ1n) is 33.5. The zero-order valence-corrected chi connectivity index (χ0v) is 62.4. The lowest BCUT2D eigenvalue weighted by molar-refractivity contribution is -0.156. The van der Waals surface area contributed by atoms with Crippen LogP contribution in [-0.4, -0.2) is 248 Å². The molecule has 1 aliphatic rings. The first-order valence-corrected chi connectivity index (χ1v) is 35.4. The Bertz CT molecular complexity index is 2770. The maximum Gasteiger partial charge on any atom is 0.321 e. The molecule has 542 valence electrons. The van der Waals surface area contributed by atoms with E-state index in [-0.39, 0.29) is 98.6 Å². The molecule has 1 heterocycles. The minimum Gasteiger partial charge on any atom is -0.343 e. The van der Waals surface area contributed by atoms with Crippen LogP contribution in [0.15, 0.2) is 0 Å². The van der Waals surface area contributed by atoms with Gasteiger partial charge in [-0.05, 0) is 113 Å². The highest BCUT2D eigenvalue weighted by Gasteiger charge is 2.50. The summed E-state index contributed by atoms with van der Waals surface area (Å²) in [7, 11) is 6.79. The third kappa shape index (κ3) is 24.3. The van der Waals surface area contributed by atoms with Crippen molar-refractivity contribution in [2.45, 2.75) is 234 Å². The fourth-order valence-electron chi connectivity index (χ4n) is 12.2. The molecule has 0 aromatic heterocycles. The van der Waals surface area contributed by atoms with Crippen LogP contribution >= 0.6 is 0 Å². The fourth-order valence-corrected chi connectivity index (χ4v) is 13.4. The standard InChI is InChI=1S/C68H120N12O14S/c1-25-50(60(88)74(19)52(26-2)62(90)78(23)67(42-83,38-46(7)8)71-55(40-81)65(14,15)16)70-59(87)53(31-30-49(13)28-27-29-56(85)80-32-34-95(93,94)35-33-80)75(20)63(91)57(48(11)12)76(21)61(89)54(37-45(5)6)77(22)68(43-84,39-47(9)10)79(24)64(92)73-66(17,41-82)72-58(86)51(69-18)36-44(3)4/h2,40-55,57,69,71H,25,27-39H2,1,3-24H3,(H,70,87)(H,72,86)(H,73,92). The Balaban J connectivity index is 4.00. The molecule has 9 amide bonds. The van der Waals surface area contributed by atoms with E-state index in [0.29, 0.717) is 50.8 Å². The topological polar surface area (TPSA) is 322 Å². The van der Waals surface area contributed by atoms with Crippen molar-refractivity contribution in [3.8, 4) is 12.3 Å². The van der Waals surface area contributed by atoms with Crippen LogP contribution in [0.1, 0.15) is 175 Å². The summed E-state index contributed by atoms with van der Waals surface area (Å²) in [5.74, 6) is -3.52. The number of amides is 9. The minimum atomic E-state index is -3.21. The van der Waals surface area contributed by atoms with Gasteiger partial charge in [0, 0.05) is 54.7 Å². The number of urea groups is 1. The van der Waals surface area contributed by atoms with Gasteiger partial charge in [-0.3, -0.25) is 58.2 Å². The number of sulfone groups is 1. The van der Waals surface area contributed by atoms with Gasteiger partial charge in [-0.1, -0.05) is 116 Å². The molecule has 1 saturated heterocycles. The molecule has 95 heavy (non-hydrogen) atoms. The van der Waals surface area contributed by atoms with Crippen molar-refractivity contribution in [1.82, 2.24) is 60.9 Å². The van der Waals surface area contributed by atoms with Crippen LogP contribution in [0.3, 0.4) is 0 Å². The smallest absolute Gasteiger partial charge is 0.321 e. The number of hydrogen-bond donors (Lipinski definition) is 5. The number of carbonyl (C=O) groups excluding carboxylic acids is 12. The van der Waals surface area contributed by atoms with Crippen LogP contribution < -0.4 is 26.6 Å². The van der Waals surface area contributed by atoms with Crippen molar-refractivity contribution in [2.24, 2.45) is 40.9 Å². The Labute approximate surface area is 568 Å². The summed E-state index contributed by atoms with van der Waals surface area (Å²) >= 11 is 0. The predicted octanol–water partition coefficient (Wildman–Crippen LogP) is 3.69. The molecule has 11 unspecified atom stereocenters. The molecule has 1 fully saturated rings. The zero-order chi connectivity index (χ0) is 73.6. The molecule has 1 aliphatic heterocycles. The molecule has 11 atom stereocenters. The lowest BCUT2D eigenvalue weighted by Crippen LogP contribution is -2.71. The Morgan fingerprint density at radius 2 is 1.18 bits per heavy atom. The van der Waals surface area contributed by atoms with Gasteiger partial charge in [-0.15, -0.1) is 6.42 Å². The van der Waals surface area contributed by atoms with Crippen molar-refractivity contribution < 1.29 is 66.0 Å². The molecule has 0 saturated carbocycles. The third-order valence-electron chi connectivity index (χ3n) is 18.2. The van der Waals surface area contributed by atoms with Gasteiger partial charge in [0.25, 0.3) is 5.91 Å². The van der Waals surface area contributed by atoms with Crippen LogP contribution in [0.25, 0.3) is 0 Å². The average Bonchev–Trinajstić information content (AvgIpc) is 0.778. The van der Waals surface area contributed by atoms with Crippen molar-refractivity contribution in [3.63, 3.8) is 0 Å². The summed E-state index contributed by atoms with van der Waals surface area (Å²) in [5, 5.41) is 14.1.